The maximum Gasteiger partial charge on any atom is 0.148 e. The van der Waals surface area contributed by atoms with Gasteiger partial charge in [-0.2, -0.15) is 11.8 Å². The number of thioether (sulfide) groups is 1. The van der Waals surface area contributed by atoms with Crippen LogP contribution in [0, 0.1) is 0 Å². The Hall–Kier alpha value is 0.260. The largest absolute Gasteiger partial charge is 0.314 e. The summed E-state index contributed by atoms with van der Waals surface area (Å²) in [5.74, 6) is 2.11. The lowest BCUT2D eigenvalue weighted by Gasteiger charge is -2.15. The second-order valence-electron chi connectivity index (χ2n) is 4.44. The maximum absolute atomic E-state index is 10.9. The molecule has 17 heavy (non-hydrogen) atoms. The van der Waals surface area contributed by atoms with E-state index in [2.05, 4.69) is 19.2 Å². The molecule has 0 aliphatic carbocycles. The molecule has 0 saturated heterocycles. The van der Waals surface area contributed by atoms with E-state index in [0.717, 1.165) is 18.1 Å². The highest BCUT2D eigenvalue weighted by atomic mass is 32.2. The number of hydrogen-bond acceptors (Lipinski definition) is 4. The highest BCUT2D eigenvalue weighted by Gasteiger charge is 2.05. The first-order chi connectivity index (χ1) is 7.99. The van der Waals surface area contributed by atoms with Crippen LogP contribution in [0.2, 0.25) is 0 Å². The van der Waals surface area contributed by atoms with Gasteiger partial charge in [-0.1, -0.05) is 13.8 Å². The van der Waals surface area contributed by atoms with Crippen molar-refractivity contribution in [1.82, 2.24) is 5.32 Å². The topological polar surface area (TPSA) is 46.2 Å². The minimum absolute atomic E-state index is 0.308. The molecule has 3 nitrogen and oxygen atoms in total. The lowest BCUT2D eigenvalue weighted by molar-refractivity contribution is 0.465. The molecule has 1 unspecified atom stereocenters. The Morgan fingerprint density at radius 1 is 1.24 bits per heavy atom. The summed E-state index contributed by atoms with van der Waals surface area (Å²) in [7, 11) is -2.78. The van der Waals surface area contributed by atoms with Crippen LogP contribution in [0.4, 0.5) is 0 Å². The first-order valence-corrected chi connectivity index (χ1v) is 9.70. The van der Waals surface area contributed by atoms with Gasteiger partial charge < -0.3 is 5.32 Å². The number of hydrogen-bond donors (Lipinski definition) is 1. The van der Waals surface area contributed by atoms with E-state index < -0.39 is 9.84 Å². The summed E-state index contributed by atoms with van der Waals surface area (Å²) in [5.41, 5.74) is 0. The molecule has 0 rings (SSSR count). The predicted molar refractivity (Wildman–Crippen MR) is 78.6 cm³/mol. The molecular formula is C12H27NO2S2. The zero-order chi connectivity index (χ0) is 13.1. The van der Waals surface area contributed by atoms with E-state index in [1.807, 2.05) is 0 Å². The number of rotatable bonds is 11. The van der Waals surface area contributed by atoms with E-state index >= 15 is 0 Å². The van der Waals surface area contributed by atoms with Crippen molar-refractivity contribution in [3.63, 3.8) is 0 Å². The van der Waals surface area contributed by atoms with Crippen molar-refractivity contribution < 1.29 is 8.42 Å². The van der Waals surface area contributed by atoms with Crippen molar-refractivity contribution in [1.29, 1.82) is 0 Å². The highest BCUT2D eigenvalue weighted by Crippen LogP contribution is 2.09. The number of sulfone groups is 1. The van der Waals surface area contributed by atoms with Gasteiger partial charge in [-0.05, 0) is 38.0 Å². The Balaban J connectivity index is 3.42. The molecule has 1 N–H and O–H groups in total. The van der Waals surface area contributed by atoms with Gasteiger partial charge >= 0.3 is 0 Å². The average Bonchev–Trinajstić information content (AvgIpc) is 2.25. The van der Waals surface area contributed by atoms with Gasteiger partial charge in [0.25, 0.3) is 0 Å². The molecule has 0 bridgehead atoms. The molecule has 0 aromatic rings. The second kappa shape index (κ2) is 10.2. The summed E-state index contributed by atoms with van der Waals surface area (Å²) < 4.78 is 21.8. The predicted octanol–water partition coefficient (Wildman–Crippen LogP) is 2.32. The van der Waals surface area contributed by atoms with Crippen LogP contribution in [0.25, 0.3) is 0 Å². The van der Waals surface area contributed by atoms with Crippen LogP contribution in [-0.4, -0.2) is 44.5 Å². The van der Waals surface area contributed by atoms with Crippen LogP contribution in [0.1, 0.15) is 39.5 Å². The summed E-state index contributed by atoms with van der Waals surface area (Å²) in [5, 5.41) is 3.53. The molecule has 0 spiro atoms. The quantitative estimate of drug-likeness (QED) is 0.590. The summed E-state index contributed by atoms with van der Waals surface area (Å²) in [6, 6.07) is 0.630. The number of nitrogens with one attached hydrogen (secondary N) is 1. The molecule has 0 radical (unpaired) electrons. The minimum atomic E-state index is -2.78. The van der Waals surface area contributed by atoms with E-state index in [9.17, 15) is 8.42 Å². The van der Waals surface area contributed by atoms with Gasteiger partial charge in [0, 0.05) is 18.1 Å². The van der Waals surface area contributed by atoms with Crippen molar-refractivity contribution in [3.8, 4) is 0 Å². The summed E-state index contributed by atoms with van der Waals surface area (Å²) in [6.07, 6.45) is 6.02. The second-order valence-corrected chi connectivity index (χ2v) is 7.93. The Bertz CT molecular complexity index is 266. The van der Waals surface area contributed by atoms with Crippen molar-refractivity contribution >= 4 is 21.6 Å². The molecule has 5 heteroatoms. The van der Waals surface area contributed by atoms with Crippen LogP contribution < -0.4 is 5.32 Å². The van der Waals surface area contributed by atoms with E-state index in [4.69, 9.17) is 0 Å². The zero-order valence-corrected chi connectivity index (χ0v) is 13.0. The summed E-state index contributed by atoms with van der Waals surface area (Å²) in [6.45, 7) is 5.49. The van der Waals surface area contributed by atoms with Crippen molar-refractivity contribution in [2.45, 2.75) is 45.6 Å². The van der Waals surface area contributed by atoms with Gasteiger partial charge in [-0.25, -0.2) is 8.42 Å². The molecule has 0 saturated carbocycles. The minimum Gasteiger partial charge on any atom is -0.314 e. The smallest absolute Gasteiger partial charge is 0.148 e. The Labute approximate surface area is 111 Å². The Morgan fingerprint density at radius 3 is 2.47 bits per heavy atom. The van der Waals surface area contributed by atoms with Crippen molar-refractivity contribution in [2.24, 2.45) is 0 Å². The third-order valence-electron chi connectivity index (χ3n) is 2.62. The zero-order valence-electron chi connectivity index (χ0n) is 11.4. The van der Waals surface area contributed by atoms with Gasteiger partial charge in [0.15, 0.2) is 0 Å². The monoisotopic (exact) mass is 281 g/mol. The fourth-order valence-corrected chi connectivity index (χ4v) is 3.80. The molecule has 0 aromatic carbocycles. The van der Waals surface area contributed by atoms with Gasteiger partial charge in [0.1, 0.15) is 9.84 Å². The summed E-state index contributed by atoms with van der Waals surface area (Å²) >= 11 is 1.75. The molecule has 0 aliphatic heterocycles. The Kier molecular flexibility index (Phi) is 10.4. The molecule has 0 heterocycles. The third kappa shape index (κ3) is 12.5. The molecule has 104 valence electrons. The van der Waals surface area contributed by atoms with Crippen LogP contribution in [0.3, 0.4) is 0 Å². The fraction of sp³-hybridized carbons (Fsp3) is 1.00. The fourth-order valence-electron chi connectivity index (χ4n) is 1.54. The highest BCUT2D eigenvalue weighted by molar-refractivity contribution is 8.00. The standard InChI is InChI=1S/C12H27NO2S2/c1-4-8-13-12(5-2)7-6-9-16-10-11-17(3,14)15/h12-13H,4-11H2,1-3H3. The van der Waals surface area contributed by atoms with E-state index in [-0.39, 0.29) is 0 Å². The third-order valence-corrected chi connectivity index (χ3v) is 4.89. The van der Waals surface area contributed by atoms with Gasteiger partial charge in [0.2, 0.25) is 0 Å². The van der Waals surface area contributed by atoms with Gasteiger partial charge in [0.05, 0.1) is 5.75 Å². The molecular weight excluding hydrogens is 254 g/mol. The van der Waals surface area contributed by atoms with Crippen LogP contribution in [0.15, 0.2) is 0 Å². The average molecular weight is 281 g/mol. The lowest BCUT2D eigenvalue weighted by atomic mass is 10.1. The van der Waals surface area contributed by atoms with E-state index in [0.29, 0.717) is 11.8 Å². The normalized spacial score (nSPS) is 13.8. The Morgan fingerprint density at radius 2 is 1.94 bits per heavy atom. The lowest BCUT2D eigenvalue weighted by Crippen LogP contribution is -2.29. The van der Waals surface area contributed by atoms with Crippen LogP contribution >= 0.6 is 11.8 Å². The molecule has 0 aromatic heterocycles. The SMILES string of the molecule is CCCNC(CC)CCCSCCS(C)(=O)=O. The van der Waals surface area contributed by atoms with Gasteiger partial charge in [-0.3, -0.25) is 0 Å². The maximum atomic E-state index is 10.9. The first-order valence-electron chi connectivity index (χ1n) is 6.48. The van der Waals surface area contributed by atoms with Crippen LogP contribution in [-0.2, 0) is 9.84 Å². The molecule has 0 fully saturated rings. The van der Waals surface area contributed by atoms with E-state index in [1.165, 1.54) is 31.9 Å². The molecule has 0 amide bonds. The molecule has 1 atom stereocenters. The molecule has 0 aliphatic rings. The van der Waals surface area contributed by atoms with Crippen molar-refractivity contribution in [3.05, 3.63) is 0 Å². The van der Waals surface area contributed by atoms with Gasteiger partial charge in [-0.15, -0.1) is 0 Å². The summed E-state index contributed by atoms with van der Waals surface area (Å²) in [4.78, 5) is 0. The van der Waals surface area contributed by atoms with Crippen molar-refractivity contribution in [2.75, 3.05) is 30.1 Å². The van der Waals surface area contributed by atoms with Crippen LogP contribution in [0.5, 0.6) is 0 Å². The van der Waals surface area contributed by atoms with E-state index in [1.54, 1.807) is 11.8 Å². The first kappa shape index (κ1) is 17.3.